The van der Waals surface area contributed by atoms with Gasteiger partial charge in [-0.05, 0) is 86.5 Å². The van der Waals surface area contributed by atoms with E-state index >= 15 is 0 Å². The molecule has 0 amide bonds. The minimum absolute atomic E-state index is 0.384. The normalized spacial score (nSPS) is 27.3. The first kappa shape index (κ1) is 24.2. The molecule has 0 aromatic carbocycles. The van der Waals surface area contributed by atoms with Gasteiger partial charge in [0.2, 0.25) is 0 Å². The molecule has 0 aromatic rings. The zero-order valence-corrected chi connectivity index (χ0v) is 22.0. The van der Waals surface area contributed by atoms with E-state index in [1.54, 1.807) is 0 Å². The van der Waals surface area contributed by atoms with Crippen molar-refractivity contribution in [3.8, 4) is 0 Å². The second-order valence-corrected chi connectivity index (χ2v) is 21.3. The number of rotatable bonds is 6. The lowest BCUT2D eigenvalue weighted by atomic mass is 9.69. The van der Waals surface area contributed by atoms with E-state index < -0.39 is 16.6 Å². The third-order valence-electron chi connectivity index (χ3n) is 6.08. The van der Waals surface area contributed by atoms with Gasteiger partial charge in [0.1, 0.15) is 0 Å². The molecule has 1 saturated carbocycles. The zero-order valence-electron chi connectivity index (χ0n) is 20.0. The zero-order chi connectivity index (χ0) is 20.6. The molecule has 0 radical (unpaired) electrons. The van der Waals surface area contributed by atoms with E-state index in [0.717, 1.165) is 23.7 Å². The van der Waals surface area contributed by atoms with Crippen LogP contribution in [0, 0.1) is 34.5 Å². The van der Waals surface area contributed by atoms with Gasteiger partial charge in [-0.2, -0.15) is 0 Å². The summed E-state index contributed by atoms with van der Waals surface area (Å²) < 4.78 is 6.58. The van der Waals surface area contributed by atoms with Gasteiger partial charge in [0, 0.05) is 0 Å². The largest absolute Gasteiger partial charge is 0.453 e. The van der Waals surface area contributed by atoms with Crippen LogP contribution in [0.4, 0.5) is 0 Å². The van der Waals surface area contributed by atoms with Crippen LogP contribution in [0.2, 0.25) is 32.7 Å². The molecule has 1 fully saturated rings. The van der Waals surface area contributed by atoms with Gasteiger partial charge in [0.25, 0.3) is 0 Å². The molecule has 4 unspecified atom stereocenters. The number of hydrogen-bond donors (Lipinski definition) is 0. The van der Waals surface area contributed by atoms with Crippen LogP contribution in [-0.2, 0) is 4.12 Å². The van der Waals surface area contributed by atoms with Gasteiger partial charge in [0.05, 0.1) is 0 Å². The van der Waals surface area contributed by atoms with E-state index in [2.05, 4.69) is 93.0 Å². The quantitative estimate of drug-likeness (QED) is 0.414. The van der Waals surface area contributed by atoms with E-state index in [4.69, 9.17) is 4.12 Å². The maximum absolute atomic E-state index is 6.58. The van der Waals surface area contributed by atoms with Gasteiger partial charge in [-0.3, -0.25) is 0 Å². The summed E-state index contributed by atoms with van der Waals surface area (Å²) in [5.74, 6) is 3.12. The molecule has 0 N–H and O–H groups in total. The number of allylic oxidation sites excluding steroid dienone is 1. The molecule has 1 aliphatic rings. The lowest BCUT2D eigenvalue weighted by Gasteiger charge is -2.37. The summed E-state index contributed by atoms with van der Waals surface area (Å²) in [4.78, 5) is 0. The van der Waals surface area contributed by atoms with Gasteiger partial charge < -0.3 is 4.12 Å². The summed E-state index contributed by atoms with van der Waals surface area (Å²) in [5, 5.41) is 0. The Morgan fingerprint density at radius 3 is 1.92 bits per heavy atom. The minimum Gasteiger partial charge on any atom is -0.453 e. The second kappa shape index (κ2) is 8.25. The summed E-state index contributed by atoms with van der Waals surface area (Å²) in [6.07, 6.45) is 6.74. The summed E-state index contributed by atoms with van der Waals surface area (Å²) in [6.45, 7) is 28.7. The Labute approximate surface area is 167 Å². The minimum atomic E-state index is -1.72. The predicted molar refractivity (Wildman–Crippen MR) is 123 cm³/mol. The van der Waals surface area contributed by atoms with Gasteiger partial charge in [-0.25, -0.2) is 0 Å². The van der Waals surface area contributed by atoms with Crippen LogP contribution in [0.1, 0.15) is 67.7 Å². The smallest absolute Gasteiger partial charge is 0.198 e. The lowest BCUT2D eigenvalue weighted by Crippen LogP contribution is -2.41. The van der Waals surface area contributed by atoms with E-state index in [0.29, 0.717) is 10.8 Å². The molecule has 1 nitrogen and oxygen atoms in total. The fraction of sp³-hybridized carbons (Fsp3) is 0.913. The summed E-state index contributed by atoms with van der Waals surface area (Å²) in [5.41, 5.74) is 3.33. The van der Waals surface area contributed by atoms with Crippen molar-refractivity contribution < 1.29 is 4.12 Å². The Bertz CT molecular complexity index is 474. The van der Waals surface area contributed by atoms with E-state index in [-0.39, 0.29) is 0 Å². The highest BCUT2D eigenvalue weighted by atomic mass is 28.4. The van der Waals surface area contributed by atoms with E-state index in [9.17, 15) is 0 Å². The molecule has 0 spiro atoms. The molecule has 1 rings (SSSR count). The van der Waals surface area contributed by atoms with Crippen molar-refractivity contribution in [1.29, 1.82) is 0 Å². The summed E-state index contributed by atoms with van der Waals surface area (Å²) >= 11 is 0. The summed E-state index contributed by atoms with van der Waals surface area (Å²) in [7, 11) is -3.21. The molecular weight excluding hydrogens is 348 g/mol. The van der Waals surface area contributed by atoms with Crippen LogP contribution in [0.25, 0.3) is 0 Å². The molecule has 3 heteroatoms. The Morgan fingerprint density at radius 2 is 1.50 bits per heavy atom. The van der Waals surface area contributed by atoms with Crippen molar-refractivity contribution in [2.75, 3.05) is 0 Å². The van der Waals surface area contributed by atoms with Gasteiger partial charge in [-0.1, -0.05) is 60.2 Å². The average molecular weight is 397 g/mol. The van der Waals surface area contributed by atoms with E-state index in [1.807, 2.05) is 0 Å². The third kappa shape index (κ3) is 8.02. The highest BCUT2D eigenvalue weighted by molar-refractivity contribution is 6.86. The molecule has 0 saturated heterocycles. The van der Waals surface area contributed by atoms with Crippen LogP contribution in [0.3, 0.4) is 0 Å². The highest BCUT2D eigenvalue weighted by Gasteiger charge is 2.42. The standard InChI is InChI=1S/C23H48OSi2/c1-18(23(5,6)7)20-14-13-19(17-22(2,3)4)21(20)15-16-26(11,12)24-25(8,9)10/h15-16,18-21H,13-14,17H2,1-12H3. The van der Waals surface area contributed by atoms with Crippen LogP contribution in [0.5, 0.6) is 0 Å². The topological polar surface area (TPSA) is 9.23 Å². The van der Waals surface area contributed by atoms with Crippen molar-refractivity contribution in [3.05, 3.63) is 11.8 Å². The van der Waals surface area contributed by atoms with E-state index in [1.165, 1.54) is 19.3 Å². The van der Waals surface area contributed by atoms with Crippen molar-refractivity contribution in [2.45, 2.75) is 100 Å². The monoisotopic (exact) mass is 396 g/mol. The van der Waals surface area contributed by atoms with Crippen molar-refractivity contribution in [2.24, 2.45) is 34.5 Å². The second-order valence-electron chi connectivity index (χ2n) is 12.7. The van der Waals surface area contributed by atoms with Gasteiger partial charge in [-0.15, -0.1) is 0 Å². The first-order chi connectivity index (χ1) is 11.4. The molecule has 0 aliphatic heterocycles. The van der Waals surface area contributed by atoms with Crippen LogP contribution < -0.4 is 0 Å². The molecule has 154 valence electrons. The molecule has 4 atom stereocenters. The molecular formula is C23H48OSi2. The molecule has 0 aromatic heterocycles. The van der Waals surface area contributed by atoms with Crippen LogP contribution >= 0.6 is 0 Å². The highest BCUT2D eigenvalue weighted by Crippen LogP contribution is 2.50. The van der Waals surface area contributed by atoms with Crippen LogP contribution in [-0.4, -0.2) is 16.6 Å². The first-order valence-corrected chi connectivity index (χ1v) is 17.2. The summed E-state index contributed by atoms with van der Waals surface area (Å²) in [6, 6.07) is 0. The Hall–Kier alpha value is 0.134. The van der Waals surface area contributed by atoms with Crippen molar-refractivity contribution in [1.82, 2.24) is 0 Å². The third-order valence-corrected chi connectivity index (χ3v) is 11.6. The van der Waals surface area contributed by atoms with Crippen molar-refractivity contribution in [3.63, 3.8) is 0 Å². The molecule has 0 bridgehead atoms. The first-order valence-electron chi connectivity index (χ1n) is 10.8. The van der Waals surface area contributed by atoms with Gasteiger partial charge >= 0.3 is 0 Å². The number of hydrogen-bond acceptors (Lipinski definition) is 1. The SMILES string of the molecule is CC(C1CCC(CC(C)(C)C)C1C=C[Si](C)(C)O[Si](C)(C)C)C(C)(C)C. The van der Waals surface area contributed by atoms with Crippen molar-refractivity contribution >= 4 is 16.6 Å². The predicted octanol–water partition coefficient (Wildman–Crippen LogP) is 7.90. The maximum Gasteiger partial charge on any atom is 0.198 e. The fourth-order valence-corrected chi connectivity index (χ4v) is 12.1. The Morgan fingerprint density at radius 1 is 0.962 bits per heavy atom. The van der Waals surface area contributed by atoms with Crippen LogP contribution in [0.15, 0.2) is 11.8 Å². The average Bonchev–Trinajstić information content (AvgIpc) is 2.72. The molecule has 0 heterocycles. The molecule has 1 aliphatic carbocycles. The van der Waals surface area contributed by atoms with Gasteiger partial charge in [0.15, 0.2) is 16.6 Å². The fourth-order valence-electron chi connectivity index (χ4n) is 4.86. The Kier molecular flexibility index (Phi) is 7.67. The lowest BCUT2D eigenvalue weighted by molar-refractivity contribution is 0.142. The molecule has 26 heavy (non-hydrogen) atoms. The Balaban J connectivity index is 3.07. The maximum atomic E-state index is 6.58.